The smallest absolute Gasteiger partial charge is 0.345 e. The number of hydrogen-bond acceptors (Lipinski definition) is 4. The first-order chi connectivity index (χ1) is 8.18. The lowest BCUT2D eigenvalue weighted by atomic mass is 10.2. The van der Waals surface area contributed by atoms with Crippen molar-refractivity contribution in [3.8, 4) is 0 Å². The Morgan fingerprint density at radius 3 is 2.59 bits per heavy atom. The van der Waals surface area contributed by atoms with Gasteiger partial charge in [0.05, 0.1) is 5.56 Å². The topological polar surface area (TPSA) is 46.6 Å². The van der Waals surface area contributed by atoms with Crippen molar-refractivity contribution in [1.29, 1.82) is 0 Å². The fourth-order valence-electron chi connectivity index (χ4n) is 2.00. The number of rotatable bonds is 2. The largest absolute Gasteiger partial charge is 0.388 e. The monoisotopic (exact) mass is 233 g/mol. The van der Waals surface area contributed by atoms with E-state index in [0.29, 0.717) is 5.56 Å². The first-order valence-corrected chi connectivity index (χ1v) is 5.70. The molecule has 0 saturated carbocycles. The van der Waals surface area contributed by atoms with Gasteiger partial charge in [0.2, 0.25) is 0 Å². The van der Waals surface area contributed by atoms with Gasteiger partial charge < -0.3 is 4.74 Å². The fourth-order valence-corrected chi connectivity index (χ4v) is 2.00. The van der Waals surface area contributed by atoms with Crippen LogP contribution in [0.25, 0.3) is 0 Å². The molecular weight excluding hydrogens is 218 g/mol. The van der Waals surface area contributed by atoms with Gasteiger partial charge in [-0.3, -0.25) is 4.90 Å². The lowest BCUT2D eigenvalue weighted by Crippen LogP contribution is -2.35. The van der Waals surface area contributed by atoms with E-state index in [4.69, 9.17) is 4.74 Å². The Labute approximate surface area is 100 Å². The first kappa shape index (κ1) is 11.8. The summed E-state index contributed by atoms with van der Waals surface area (Å²) >= 11 is 0. The lowest BCUT2D eigenvalue weighted by molar-refractivity contribution is -0.142. The summed E-state index contributed by atoms with van der Waals surface area (Å²) in [6, 6.07) is 8.28. The molecule has 0 radical (unpaired) electrons. The zero-order valence-electron chi connectivity index (χ0n) is 9.76. The van der Waals surface area contributed by atoms with E-state index in [1.165, 1.54) is 0 Å². The van der Waals surface area contributed by atoms with Gasteiger partial charge >= 0.3 is 11.9 Å². The molecule has 0 bridgehead atoms. The Balaban J connectivity index is 1.97. The molecular formula is C13H15NO3. The number of carbonyl (C=O) groups excluding carboxylic acids is 2. The average molecular weight is 233 g/mol. The van der Waals surface area contributed by atoms with E-state index in [0.717, 1.165) is 19.4 Å². The van der Waals surface area contributed by atoms with Gasteiger partial charge in [-0.2, -0.15) is 0 Å². The Morgan fingerprint density at radius 1 is 1.29 bits per heavy atom. The summed E-state index contributed by atoms with van der Waals surface area (Å²) in [6.45, 7) is 0.874. The molecule has 90 valence electrons. The number of hydrogen-bond donors (Lipinski definition) is 0. The maximum Gasteiger partial charge on any atom is 0.345 e. The minimum Gasteiger partial charge on any atom is -0.388 e. The molecule has 0 spiro atoms. The van der Waals surface area contributed by atoms with Crippen molar-refractivity contribution in [2.75, 3.05) is 13.6 Å². The molecule has 4 nitrogen and oxygen atoms in total. The molecule has 2 rings (SSSR count). The van der Waals surface area contributed by atoms with Gasteiger partial charge in [-0.15, -0.1) is 0 Å². The third-order valence-corrected chi connectivity index (χ3v) is 3.00. The summed E-state index contributed by atoms with van der Waals surface area (Å²) in [4.78, 5) is 25.3. The number of likely N-dealkylation sites (N-methyl/N-ethyl adjacent to an activating group) is 1. The van der Waals surface area contributed by atoms with Crippen LogP contribution in [0, 0.1) is 0 Å². The van der Waals surface area contributed by atoms with Crippen molar-refractivity contribution < 1.29 is 14.3 Å². The van der Waals surface area contributed by atoms with Crippen molar-refractivity contribution >= 4 is 11.9 Å². The summed E-state index contributed by atoms with van der Waals surface area (Å²) in [5.41, 5.74) is 0.404. The van der Waals surface area contributed by atoms with E-state index in [2.05, 4.69) is 0 Å². The predicted molar refractivity (Wildman–Crippen MR) is 62.5 cm³/mol. The molecule has 0 N–H and O–H groups in total. The van der Waals surface area contributed by atoms with Crippen LogP contribution in [0.3, 0.4) is 0 Å². The summed E-state index contributed by atoms with van der Waals surface area (Å²) < 4.78 is 4.87. The first-order valence-electron chi connectivity index (χ1n) is 5.70. The van der Waals surface area contributed by atoms with Gasteiger partial charge in [-0.05, 0) is 38.6 Å². The number of nitrogens with zero attached hydrogens (tertiary/aromatic N) is 1. The molecule has 1 saturated heterocycles. The SMILES string of the molecule is CN1CCC[C@H]1C(=O)OC(=O)c1ccccc1. The number of carbonyl (C=O) groups is 2. The van der Waals surface area contributed by atoms with E-state index in [1.807, 2.05) is 18.0 Å². The fraction of sp³-hybridized carbons (Fsp3) is 0.385. The molecule has 4 heteroatoms. The van der Waals surface area contributed by atoms with Crippen LogP contribution in [0.2, 0.25) is 0 Å². The Kier molecular flexibility index (Phi) is 3.54. The number of esters is 2. The van der Waals surface area contributed by atoms with Crippen LogP contribution >= 0.6 is 0 Å². The molecule has 1 atom stereocenters. The maximum absolute atomic E-state index is 11.8. The Morgan fingerprint density at radius 2 is 2.00 bits per heavy atom. The normalized spacial score (nSPS) is 20.2. The second kappa shape index (κ2) is 5.10. The average Bonchev–Trinajstić information content (AvgIpc) is 2.76. The van der Waals surface area contributed by atoms with Crippen LogP contribution in [-0.2, 0) is 9.53 Å². The van der Waals surface area contributed by atoms with Crippen molar-refractivity contribution in [3.05, 3.63) is 35.9 Å². The van der Waals surface area contributed by atoms with Crippen molar-refractivity contribution in [1.82, 2.24) is 4.90 Å². The minimum absolute atomic E-state index is 0.275. The zero-order chi connectivity index (χ0) is 12.3. The van der Waals surface area contributed by atoms with Crippen molar-refractivity contribution in [3.63, 3.8) is 0 Å². The Hall–Kier alpha value is -1.68. The van der Waals surface area contributed by atoms with Gasteiger partial charge in [0.1, 0.15) is 6.04 Å². The van der Waals surface area contributed by atoms with Crippen molar-refractivity contribution in [2.45, 2.75) is 18.9 Å². The number of ether oxygens (including phenoxy) is 1. The molecule has 1 fully saturated rings. The molecule has 1 heterocycles. The van der Waals surface area contributed by atoms with Crippen LogP contribution in [0.5, 0.6) is 0 Å². The van der Waals surface area contributed by atoms with Gasteiger partial charge in [-0.1, -0.05) is 18.2 Å². The molecule has 1 aliphatic rings. The zero-order valence-corrected chi connectivity index (χ0v) is 9.76. The lowest BCUT2D eigenvalue weighted by Gasteiger charge is -2.16. The minimum atomic E-state index is -0.573. The summed E-state index contributed by atoms with van der Waals surface area (Å²) in [7, 11) is 1.87. The van der Waals surface area contributed by atoms with E-state index >= 15 is 0 Å². The highest BCUT2D eigenvalue weighted by atomic mass is 16.6. The third kappa shape index (κ3) is 2.71. The van der Waals surface area contributed by atoms with Crippen LogP contribution in [0.15, 0.2) is 30.3 Å². The van der Waals surface area contributed by atoms with E-state index in [1.54, 1.807) is 24.3 Å². The number of benzene rings is 1. The van der Waals surface area contributed by atoms with Crippen LogP contribution < -0.4 is 0 Å². The standard InChI is InChI=1S/C13H15NO3/c1-14-9-5-8-11(14)13(16)17-12(15)10-6-3-2-4-7-10/h2-4,6-7,11H,5,8-9H2,1H3/t11-/m0/s1. The molecule has 1 aliphatic heterocycles. The van der Waals surface area contributed by atoms with Crippen molar-refractivity contribution in [2.24, 2.45) is 0 Å². The molecule has 0 amide bonds. The summed E-state index contributed by atoms with van der Waals surface area (Å²) in [6.07, 6.45) is 1.73. The quantitative estimate of drug-likeness (QED) is 0.573. The highest BCUT2D eigenvalue weighted by Crippen LogP contribution is 2.16. The molecule has 1 aromatic rings. The molecule has 17 heavy (non-hydrogen) atoms. The molecule has 0 aliphatic carbocycles. The molecule has 1 aromatic carbocycles. The Bertz CT molecular complexity index is 416. The number of likely N-dealkylation sites (tertiary alicyclic amines) is 1. The second-order valence-corrected chi connectivity index (χ2v) is 4.21. The van der Waals surface area contributed by atoms with Gasteiger partial charge in [0.25, 0.3) is 0 Å². The van der Waals surface area contributed by atoms with Gasteiger partial charge in [-0.25, -0.2) is 9.59 Å². The summed E-state index contributed by atoms with van der Waals surface area (Å²) in [5, 5.41) is 0. The molecule has 0 unspecified atom stereocenters. The second-order valence-electron chi connectivity index (χ2n) is 4.21. The van der Waals surface area contributed by atoms with E-state index in [9.17, 15) is 9.59 Å². The summed E-state index contributed by atoms with van der Waals surface area (Å²) in [5.74, 6) is -1.02. The van der Waals surface area contributed by atoms with E-state index < -0.39 is 11.9 Å². The third-order valence-electron chi connectivity index (χ3n) is 3.00. The van der Waals surface area contributed by atoms with Crippen LogP contribution in [0.1, 0.15) is 23.2 Å². The maximum atomic E-state index is 11.8. The van der Waals surface area contributed by atoms with E-state index in [-0.39, 0.29) is 6.04 Å². The predicted octanol–water partition coefficient (Wildman–Crippen LogP) is 1.46. The van der Waals surface area contributed by atoms with Crippen LogP contribution in [0.4, 0.5) is 0 Å². The van der Waals surface area contributed by atoms with Crippen LogP contribution in [-0.4, -0.2) is 36.5 Å². The highest BCUT2D eigenvalue weighted by Gasteiger charge is 2.30. The molecule has 0 aromatic heterocycles. The van der Waals surface area contributed by atoms with Gasteiger partial charge in [0.15, 0.2) is 0 Å². The highest BCUT2D eigenvalue weighted by molar-refractivity contribution is 5.98. The van der Waals surface area contributed by atoms with Gasteiger partial charge in [0, 0.05) is 0 Å².